The van der Waals surface area contributed by atoms with Crippen LogP contribution in [0.25, 0.3) is 0 Å². The van der Waals surface area contributed by atoms with Crippen LogP contribution in [0.2, 0.25) is 0 Å². The van der Waals surface area contributed by atoms with Gasteiger partial charge in [0, 0.05) is 19.3 Å². The zero-order valence-corrected chi connectivity index (χ0v) is 52.8. The first kappa shape index (κ1) is 76.5. The molecular weight excluding hydrogens is 997 g/mol. The van der Waals surface area contributed by atoms with Crippen molar-refractivity contribution >= 4 is 17.9 Å². The van der Waals surface area contributed by atoms with Crippen molar-refractivity contribution in [1.82, 2.24) is 0 Å². The summed E-state index contributed by atoms with van der Waals surface area (Å²) in [4.78, 5) is 38.2. The van der Waals surface area contributed by atoms with E-state index in [4.69, 9.17) is 14.2 Å². The number of hydrogen-bond acceptors (Lipinski definition) is 6. The zero-order valence-electron chi connectivity index (χ0n) is 52.8. The maximum absolute atomic E-state index is 12.9. The van der Waals surface area contributed by atoms with E-state index in [2.05, 4.69) is 154 Å². The third kappa shape index (κ3) is 66.2. The Morgan fingerprint density at radius 1 is 0.259 bits per heavy atom. The van der Waals surface area contributed by atoms with Crippen LogP contribution < -0.4 is 0 Å². The quantitative estimate of drug-likeness (QED) is 0.0261. The number of allylic oxidation sites excluding steroid dienone is 22. The molecule has 0 radical (unpaired) electrons. The first-order valence-electron chi connectivity index (χ1n) is 33.7. The number of ether oxygens (including phenoxy) is 3. The van der Waals surface area contributed by atoms with Gasteiger partial charge in [0.15, 0.2) is 6.10 Å². The van der Waals surface area contributed by atoms with Gasteiger partial charge >= 0.3 is 17.9 Å². The third-order valence-corrected chi connectivity index (χ3v) is 14.2. The SMILES string of the molecule is CC/C=C\C/C=C\C/C=C\C/C=C\C/C=C\C/C=C\C/C=C\CCCCCC(=O)OC(COC(=O)CCCCCCCCCCC)COC(=O)CCCCCCCCCCCCCCCCCC/C=C\C/C=C\C/C=C\C/C=C\CC. The fourth-order valence-corrected chi connectivity index (χ4v) is 9.18. The molecule has 0 amide bonds. The van der Waals surface area contributed by atoms with Crippen LogP contribution in [0.3, 0.4) is 0 Å². The van der Waals surface area contributed by atoms with Crippen LogP contribution >= 0.6 is 0 Å². The van der Waals surface area contributed by atoms with Crippen LogP contribution in [0.5, 0.6) is 0 Å². The highest BCUT2D eigenvalue weighted by atomic mass is 16.6. The van der Waals surface area contributed by atoms with E-state index in [-0.39, 0.29) is 37.5 Å². The Hall–Kier alpha value is -4.45. The molecule has 0 spiro atoms. The fraction of sp³-hybridized carbons (Fsp3) is 0.667. The highest BCUT2D eigenvalue weighted by Crippen LogP contribution is 2.16. The average Bonchev–Trinajstić information content (AvgIpc) is 3.47. The minimum Gasteiger partial charge on any atom is -0.462 e. The van der Waals surface area contributed by atoms with Gasteiger partial charge in [0.2, 0.25) is 0 Å². The van der Waals surface area contributed by atoms with Crippen LogP contribution in [0.15, 0.2) is 134 Å². The predicted molar refractivity (Wildman–Crippen MR) is 353 cm³/mol. The van der Waals surface area contributed by atoms with Crippen molar-refractivity contribution < 1.29 is 28.6 Å². The maximum atomic E-state index is 12.9. The van der Waals surface area contributed by atoms with Crippen LogP contribution in [0.1, 0.15) is 303 Å². The molecule has 0 aromatic carbocycles. The van der Waals surface area contributed by atoms with Crippen molar-refractivity contribution in [2.45, 2.75) is 309 Å². The van der Waals surface area contributed by atoms with Gasteiger partial charge in [-0.25, -0.2) is 0 Å². The Balaban J connectivity index is 4.24. The van der Waals surface area contributed by atoms with Crippen molar-refractivity contribution in [2.75, 3.05) is 13.2 Å². The molecule has 6 nitrogen and oxygen atoms in total. The Morgan fingerprint density at radius 3 is 0.765 bits per heavy atom. The number of carbonyl (C=O) groups is 3. The summed E-state index contributed by atoms with van der Waals surface area (Å²) in [7, 11) is 0. The highest BCUT2D eigenvalue weighted by molar-refractivity contribution is 5.71. The van der Waals surface area contributed by atoms with Crippen molar-refractivity contribution in [3.05, 3.63) is 134 Å². The van der Waals surface area contributed by atoms with Crippen LogP contribution in [0.4, 0.5) is 0 Å². The van der Waals surface area contributed by atoms with Crippen molar-refractivity contribution in [2.24, 2.45) is 0 Å². The summed E-state index contributed by atoms with van der Waals surface area (Å²) in [5.74, 6) is -0.922. The molecule has 1 atom stereocenters. The van der Waals surface area contributed by atoms with Gasteiger partial charge in [-0.05, 0) is 116 Å². The van der Waals surface area contributed by atoms with E-state index >= 15 is 0 Å². The lowest BCUT2D eigenvalue weighted by Crippen LogP contribution is -2.30. The van der Waals surface area contributed by atoms with Crippen molar-refractivity contribution in [1.29, 1.82) is 0 Å². The van der Waals surface area contributed by atoms with Gasteiger partial charge < -0.3 is 14.2 Å². The summed E-state index contributed by atoms with van der Waals surface area (Å²) in [5.41, 5.74) is 0. The van der Waals surface area contributed by atoms with Crippen molar-refractivity contribution in [3.63, 3.8) is 0 Å². The monoisotopic (exact) mass is 1120 g/mol. The number of carbonyl (C=O) groups excluding carboxylic acids is 3. The van der Waals surface area contributed by atoms with Gasteiger partial charge in [-0.2, -0.15) is 0 Å². The molecule has 0 saturated heterocycles. The fourth-order valence-electron chi connectivity index (χ4n) is 9.18. The molecule has 81 heavy (non-hydrogen) atoms. The Kier molecular flexibility index (Phi) is 64.3. The molecule has 0 fully saturated rings. The lowest BCUT2D eigenvalue weighted by molar-refractivity contribution is -0.167. The lowest BCUT2D eigenvalue weighted by Gasteiger charge is -2.18. The van der Waals surface area contributed by atoms with E-state index in [0.717, 1.165) is 135 Å². The minimum atomic E-state index is -0.798. The normalized spacial score (nSPS) is 13.0. The molecule has 0 aliphatic carbocycles. The molecule has 0 aliphatic rings. The molecule has 0 bridgehead atoms. The van der Waals surface area contributed by atoms with E-state index < -0.39 is 6.10 Å². The summed E-state index contributed by atoms with van der Waals surface area (Å²) in [5, 5.41) is 0. The predicted octanol–water partition coefficient (Wildman–Crippen LogP) is 23.3. The lowest BCUT2D eigenvalue weighted by atomic mass is 10.0. The Morgan fingerprint density at radius 2 is 0.481 bits per heavy atom. The van der Waals surface area contributed by atoms with Crippen LogP contribution in [-0.4, -0.2) is 37.2 Å². The largest absolute Gasteiger partial charge is 0.462 e. The van der Waals surface area contributed by atoms with E-state index in [1.165, 1.54) is 128 Å². The van der Waals surface area contributed by atoms with Crippen LogP contribution in [-0.2, 0) is 28.6 Å². The van der Waals surface area contributed by atoms with Gasteiger partial charge in [0.05, 0.1) is 0 Å². The van der Waals surface area contributed by atoms with E-state index in [1.807, 2.05) is 0 Å². The van der Waals surface area contributed by atoms with Crippen LogP contribution in [0, 0.1) is 0 Å². The summed E-state index contributed by atoms with van der Waals surface area (Å²) in [6.07, 6.45) is 96.2. The summed E-state index contributed by atoms with van der Waals surface area (Å²) >= 11 is 0. The molecule has 0 rings (SSSR count). The molecule has 0 aromatic heterocycles. The van der Waals surface area contributed by atoms with Crippen molar-refractivity contribution in [3.8, 4) is 0 Å². The number of rotatable bonds is 60. The average molecular weight is 1120 g/mol. The number of esters is 3. The second-order valence-corrected chi connectivity index (χ2v) is 22.0. The second-order valence-electron chi connectivity index (χ2n) is 22.0. The first-order valence-corrected chi connectivity index (χ1v) is 33.7. The topological polar surface area (TPSA) is 78.9 Å². The molecule has 0 heterocycles. The number of hydrogen-bond donors (Lipinski definition) is 0. The Bertz CT molecular complexity index is 1720. The molecule has 0 aromatic rings. The van der Waals surface area contributed by atoms with E-state index in [0.29, 0.717) is 12.8 Å². The molecule has 0 N–H and O–H groups in total. The van der Waals surface area contributed by atoms with E-state index in [9.17, 15) is 14.4 Å². The molecule has 0 saturated carbocycles. The molecule has 460 valence electrons. The maximum Gasteiger partial charge on any atom is 0.306 e. The first-order chi connectivity index (χ1) is 40.0. The van der Waals surface area contributed by atoms with Gasteiger partial charge in [-0.1, -0.05) is 302 Å². The minimum absolute atomic E-state index is 0.0918. The van der Waals surface area contributed by atoms with Gasteiger partial charge in [0.25, 0.3) is 0 Å². The molecule has 0 aliphatic heterocycles. The smallest absolute Gasteiger partial charge is 0.306 e. The zero-order chi connectivity index (χ0) is 58.5. The van der Waals surface area contributed by atoms with Gasteiger partial charge in [-0.15, -0.1) is 0 Å². The standard InChI is InChI=1S/C75H124O6/c1-4-7-10-13-16-19-21-23-25-27-29-31-33-35-36-37-38-40-41-43-45-47-49-51-53-56-59-62-65-68-74(77)80-71-72(70-79-73(76)67-64-61-58-55-18-15-12-9-6-3)81-75(78)69-66-63-60-57-54-52-50-48-46-44-42-39-34-32-30-28-26-24-22-20-17-14-11-8-5-2/h7-8,10-11,16-17,19-20,23-26,29-32,39,42,46,48,52,54,72H,4-6,9,12-15,18,21-22,27-28,33-38,40-41,43-45,47,49-51,53,55-71H2,1-3H3/b10-7-,11-8-,19-16-,20-17-,25-23-,26-24-,31-29-,32-30-,42-39-,48-46-,54-52-. The summed E-state index contributed by atoms with van der Waals surface area (Å²) in [6, 6.07) is 0. The highest BCUT2D eigenvalue weighted by Gasteiger charge is 2.19. The third-order valence-electron chi connectivity index (χ3n) is 14.2. The second kappa shape index (κ2) is 68.1. The number of unbranched alkanes of at least 4 members (excludes halogenated alkanes) is 27. The molecule has 1 unspecified atom stereocenters. The van der Waals surface area contributed by atoms with Gasteiger partial charge in [0.1, 0.15) is 13.2 Å². The molecule has 6 heteroatoms. The summed E-state index contributed by atoms with van der Waals surface area (Å²) in [6.45, 7) is 6.38. The van der Waals surface area contributed by atoms with Gasteiger partial charge in [-0.3, -0.25) is 14.4 Å². The molecular formula is C75H124O6. The Labute approximate surface area is 500 Å². The summed E-state index contributed by atoms with van der Waals surface area (Å²) < 4.78 is 16.9. The van der Waals surface area contributed by atoms with E-state index in [1.54, 1.807) is 0 Å².